The summed E-state index contributed by atoms with van der Waals surface area (Å²) in [6.45, 7) is 3.07. The van der Waals surface area contributed by atoms with Crippen LogP contribution in [0.5, 0.6) is 5.75 Å². The minimum atomic E-state index is -0.163. The van der Waals surface area contributed by atoms with Gasteiger partial charge in [-0.05, 0) is 43.2 Å². The topological polar surface area (TPSA) is 93.5 Å². The zero-order valence-corrected chi connectivity index (χ0v) is 17.7. The van der Waals surface area contributed by atoms with Crippen molar-refractivity contribution in [1.82, 2.24) is 14.9 Å². The van der Waals surface area contributed by atoms with Crippen LogP contribution in [-0.4, -0.2) is 46.1 Å². The summed E-state index contributed by atoms with van der Waals surface area (Å²) in [7, 11) is 0. The number of aliphatic hydroxyl groups excluding tert-OH is 1. The van der Waals surface area contributed by atoms with Crippen molar-refractivity contribution < 1.29 is 14.6 Å². The van der Waals surface area contributed by atoms with E-state index in [0.29, 0.717) is 42.2 Å². The van der Waals surface area contributed by atoms with Gasteiger partial charge in [-0.3, -0.25) is 14.2 Å². The van der Waals surface area contributed by atoms with Crippen LogP contribution >= 0.6 is 11.8 Å². The average Bonchev–Trinajstić information content (AvgIpc) is 2.75. The summed E-state index contributed by atoms with van der Waals surface area (Å²) in [5, 5.41) is 12.9. The fraction of sp³-hybridized carbons (Fsp3) is 0.318. The van der Waals surface area contributed by atoms with Gasteiger partial charge in [-0.15, -0.1) is 0 Å². The highest BCUT2D eigenvalue weighted by molar-refractivity contribution is 7.99. The van der Waals surface area contributed by atoms with Crippen LogP contribution in [0.15, 0.2) is 58.5 Å². The van der Waals surface area contributed by atoms with Crippen molar-refractivity contribution in [2.24, 2.45) is 0 Å². The third-order valence-corrected chi connectivity index (χ3v) is 5.36. The first-order valence-corrected chi connectivity index (χ1v) is 10.8. The molecule has 0 aliphatic rings. The van der Waals surface area contributed by atoms with Crippen LogP contribution in [0.4, 0.5) is 0 Å². The lowest BCUT2D eigenvalue weighted by Crippen LogP contribution is -2.30. The predicted molar refractivity (Wildman–Crippen MR) is 118 cm³/mol. The van der Waals surface area contributed by atoms with Gasteiger partial charge in [0.15, 0.2) is 5.16 Å². The molecule has 1 aromatic heterocycles. The van der Waals surface area contributed by atoms with Crippen molar-refractivity contribution in [3.63, 3.8) is 0 Å². The van der Waals surface area contributed by atoms with Gasteiger partial charge in [0, 0.05) is 13.2 Å². The number of rotatable bonds is 10. The molecule has 0 fully saturated rings. The molecule has 1 heterocycles. The number of ether oxygens (including phenoxy) is 1. The van der Waals surface area contributed by atoms with Crippen molar-refractivity contribution in [3.8, 4) is 5.75 Å². The van der Waals surface area contributed by atoms with Crippen LogP contribution in [-0.2, 0) is 11.3 Å². The van der Waals surface area contributed by atoms with Crippen LogP contribution < -0.4 is 15.6 Å². The van der Waals surface area contributed by atoms with E-state index in [1.807, 2.05) is 37.3 Å². The second-order valence-corrected chi connectivity index (χ2v) is 7.69. The van der Waals surface area contributed by atoms with E-state index in [0.717, 1.165) is 11.3 Å². The Balaban J connectivity index is 1.57. The van der Waals surface area contributed by atoms with Gasteiger partial charge in [0.2, 0.25) is 5.91 Å². The van der Waals surface area contributed by atoms with Crippen LogP contribution in [0, 0.1) is 6.92 Å². The first kappa shape index (κ1) is 21.9. The number of carbonyl (C=O) groups is 1. The minimum Gasteiger partial charge on any atom is -0.492 e. The van der Waals surface area contributed by atoms with Crippen LogP contribution in [0.2, 0.25) is 0 Å². The number of nitrogens with one attached hydrogen (secondary N) is 1. The Kier molecular flexibility index (Phi) is 7.87. The summed E-state index contributed by atoms with van der Waals surface area (Å²) >= 11 is 1.21. The van der Waals surface area contributed by atoms with E-state index in [9.17, 15) is 9.59 Å². The molecular formula is C22H25N3O4S. The molecule has 3 aromatic rings. The summed E-state index contributed by atoms with van der Waals surface area (Å²) in [5.74, 6) is 0.741. The van der Waals surface area contributed by atoms with E-state index in [1.54, 1.807) is 18.2 Å². The molecule has 0 radical (unpaired) electrons. The number of hydrogen-bond acceptors (Lipinski definition) is 6. The van der Waals surface area contributed by atoms with Crippen LogP contribution in [0.25, 0.3) is 10.9 Å². The standard InChI is InChI=1S/C22H25N3O4S/c1-16-6-4-7-17(14-16)29-13-10-23-20(27)15-30-22-24-19-9-3-2-8-18(19)21(28)25(22)11-5-12-26/h2-4,6-9,14,26H,5,10-13,15H2,1H3,(H,23,27). The number of aliphatic hydroxyl groups is 1. The molecule has 1 amide bonds. The molecular weight excluding hydrogens is 402 g/mol. The third kappa shape index (κ3) is 5.84. The first-order chi connectivity index (χ1) is 14.6. The fourth-order valence-corrected chi connectivity index (χ4v) is 3.78. The van der Waals surface area contributed by atoms with E-state index in [4.69, 9.17) is 9.84 Å². The molecule has 158 valence electrons. The summed E-state index contributed by atoms with van der Waals surface area (Å²) in [6.07, 6.45) is 0.440. The average molecular weight is 428 g/mol. The molecule has 0 bridgehead atoms. The third-order valence-electron chi connectivity index (χ3n) is 4.38. The quantitative estimate of drug-likeness (QED) is 0.293. The zero-order valence-electron chi connectivity index (χ0n) is 16.8. The van der Waals surface area contributed by atoms with Crippen molar-refractivity contribution in [2.45, 2.75) is 25.0 Å². The lowest BCUT2D eigenvalue weighted by Gasteiger charge is -2.13. The molecule has 30 heavy (non-hydrogen) atoms. The van der Waals surface area contributed by atoms with Crippen LogP contribution in [0.1, 0.15) is 12.0 Å². The minimum absolute atomic E-state index is 0.0230. The van der Waals surface area contributed by atoms with Gasteiger partial charge in [0.05, 0.1) is 23.2 Å². The van der Waals surface area contributed by atoms with Crippen molar-refractivity contribution in [2.75, 3.05) is 25.5 Å². The van der Waals surface area contributed by atoms with Crippen LogP contribution in [0.3, 0.4) is 0 Å². The number of carbonyl (C=O) groups excluding carboxylic acids is 1. The number of para-hydroxylation sites is 1. The van der Waals surface area contributed by atoms with Gasteiger partial charge in [0.25, 0.3) is 5.56 Å². The monoisotopic (exact) mass is 427 g/mol. The van der Waals surface area contributed by atoms with Gasteiger partial charge in [-0.25, -0.2) is 4.98 Å². The Morgan fingerprint density at radius 3 is 2.87 bits per heavy atom. The number of aromatic nitrogens is 2. The Hall–Kier alpha value is -2.84. The Morgan fingerprint density at radius 2 is 2.07 bits per heavy atom. The summed E-state index contributed by atoms with van der Waals surface area (Å²) in [6, 6.07) is 14.9. The molecule has 2 aromatic carbocycles. The predicted octanol–water partition coefficient (Wildman–Crippen LogP) is 2.37. The van der Waals surface area contributed by atoms with Crippen molar-refractivity contribution in [1.29, 1.82) is 0 Å². The molecule has 0 aliphatic heterocycles. The zero-order chi connectivity index (χ0) is 21.3. The number of amides is 1. The maximum atomic E-state index is 12.8. The van der Waals surface area contributed by atoms with E-state index in [2.05, 4.69) is 10.3 Å². The van der Waals surface area contributed by atoms with Gasteiger partial charge in [-0.2, -0.15) is 0 Å². The highest BCUT2D eigenvalue weighted by Gasteiger charge is 2.13. The fourth-order valence-electron chi connectivity index (χ4n) is 2.93. The Morgan fingerprint density at radius 1 is 1.23 bits per heavy atom. The number of thioether (sulfide) groups is 1. The lowest BCUT2D eigenvalue weighted by atomic mass is 10.2. The van der Waals surface area contributed by atoms with Gasteiger partial charge < -0.3 is 15.2 Å². The molecule has 0 unspecified atom stereocenters. The maximum Gasteiger partial charge on any atom is 0.262 e. The van der Waals surface area contributed by atoms with E-state index < -0.39 is 0 Å². The smallest absolute Gasteiger partial charge is 0.262 e. The summed E-state index contributed by atoms with van der Waals surface area (Å²) < 4.78 is 7.15. The molecule has 0 saturated heterocycles. The summed E-state index contributed by atoms with van der Waals surface area (Å²) in [5.41, 5.74) is 1.55. The normalized spacial score (nSPS) is 10.9. The van der Waals surface area contributed by atoms with Crippen molar-refractivity contribution >= 4 is 28.6 Å². The number of hydrogen-bond donors (Lipinski definition) is 2. The van der Waals surface area contributed by atoms with E-state index in [1.165, 1.54) is 16.3 Å². The molecule has 0 aliphatic carbocycles. The van der Waals surface area contributed by atoms with E-state index >= 15 is 0 Å². The molecule has 2 N–H and O–H groups in total. The molecule has 8 heteroatoms. The second kappa shape index (κ2) is 10.8. The summed E-state index contributed by atoms with van der Waals surface area (Å²) in [4.78, 5) is 29.5. The number of fused-ring (bicyclic) bond motifs is 1. The first-order valence-electron chi connectivity index (χ1n) is 9.78. The molecule has 0 saturated carbocycles. The number of nitrogens with zero attached hydrogens (tertiary/aromatic N) is 2. The molecule has 0 spiro atoms. The molecule has 7 nitrogen and oxygen atoms in total. The van der Waals surface area contributed by atoms with E-state index in [-0.39, 0.29) is 23.8 Å². The Bertz CT molecular complexity index is 1070. The molecule has 3 rings (SSSR count). The Labute approximate surface area is 179 Å². The number of benzene rings is 2. The second-order valence-electron chi connectivity index (χ2n) is 6.75. The van der Waals surface area contributed by atoms with Crippen molar-refractivity contribution in [3.05, 3.63) is 64.4 Å². The van der Waals surface area contributed by atoms with Gasteiger partial charge in [0.1, 0.15) is 12.4 Å². The van der Waals surface area contributed by atoms with Gasteiger partial charge in [-0.1, -0.05) is 36.0 Å². The highest BCUT2D eigenvalue weighted by Crippen LogP contribution is 2.18. The number of aryl methyl sites for hydroxylation is 1. The molecule has 0 atom stereocenters. The highest BCUT2D eigenvalue weighted by atomic mass is 32.2. The van der Waals surface area contributed by atoms with Gasteiger partial charge >= 0.3 is 0 Å². The SMILES string of the molecule is Cc1cccc(OCCNC(=O)CSc2nc3ccccc3c(=O)n2CCCO)c1. The lowest BCUT2D eigenvalue weighted by molar-refractivity contribution is -0.118. The largest absolute Gasteiger partial charge is 0.492 e. The maximum absolute atomic E-state index is 12.8.